The molecule has 0 atom stereocenters. The summed E-state index contributed by atoms with van der Waals surface area (Å²) in [5.41, 5.74) is 20.9. The number of nitrogens with one attached hydrogen (secondary N) is 1. The predicted octanol–water partition coefficient (Wildman–Crippen LogP) is 16.7. The fraction of sp³-hybridized carbons (Fsp3) is 0.0667. The molecule has 0 bridgehead atoms. The minimum Gasteiger partial charge on any atom is -0.354 e. The lowest BCUT2D eigenvalue weighted by molar-refractivity contribution is 0.660. The normalized spacial score (nSPS) is 12.3. The van der Waals surface area contributed by atoms with Crippen LogP contribution in [0.15, 0.2) is 219 Å². The molecule has 0 aliphatic heterocycles. The summed E-state index contributed by atoms with van der Waals surface area (Å²) in [6.07, 6.45) is 1.90. The maximum absolute atomic E-state index is 3.85. The number of fused-ring (bicyclic) bond motifs is 6. The van der Waals surface area contributed by atoms with Crippen LogP contribution >= 0.6 is 0 Å². The van der Waals surface area contributed by atoms with E-state index in [9.17, 15) is 0 Å². The van der Waals surface area contributed by atoms with Crippen LogP contribution in [0.2, 0.25) is 0 Å². The molecule has 1 heterocycles. The van der Waals surface area contributed by atoms with Gasteiger partial charge in [0.1, 0.15) is 0 Å². The van der Waals surface area contributed by atoms with E-state index in [1.807, 2.05) is 12.1 Å². The van der Waals surface area contributed by atoms with Gasteiger partial charge in [0.15, 0.2) is 0 Å². The molecular weight excluding hydrogens is 749 g/mol. The highest BCUT2D eigenvalue weighted by Crippen LogP contribution is 2.51. The third kappa shape index (κ3) is 6.90. The fourth-order valence-corrected chi connectivity index (χ4v) is 9.46. The highest BCUT2D eigenvalue weighted by molar-refractivity contribution is 6.08. The lowest BCUT2D eigenvalue weighted by Crippen LogP contribution is -2.15. The highest BCUT2D eigenvalue weighted by atomic mass is 15.1. The summed E-state index contributed by atoms with van der Waals surface area (Å²) in [4.78, 5) is 6.03. The summed E-state index contributed by atoms with van der Waals surface area (Å²) in [6.45, 7) is 10.7. The van der Waals surface area contributed by atoms with Gasteiger partial charge in [0, 0.05) is 44.2 Å². The third-order valence-corrected chi connectivity index (χ3v) is 12.6. The summed E-state index contributed by atoms with van der Waals surface area (Å²) in [7, 11) is 0. The quantitative estimate of drug-likeness (QED) is 0.170. The lowest BCUT2D eigenvalue weighted by Gasteiger charge is -2.29. The first kappa shape index (κ1) is 38.5. The number of aromatic nitrogens is 1. The average molecular weight is 797 g/mol. The number of nitrogens with zero attached hydrogens (tertiary/aromatic N) is 1. The van der Waals surface area contributed by atoms with Crippen molar-refractivity contribution in [1.82, 2.24) is 4.98 Å². The van der Waals surface area contributed by atoms with Gasteiger partial charge in [0.2, 0.25) is 0 Å². The number of H-pyrrole nitrogens is 1. The Morgan fingerprint density at radius 3 is 1.89 bits per heavy atom. The van der Waals surface area contributed by atoms with Crippen molar-refractivity contribution in [1.29, 1.82) is 0 Å². The van der Waals surface area contributed by atoms with Crippen LogP contribution in [0.5, 0.6) is 0 Å². The van der Waals surface area contributed by atoms with Gasteiger partial charge in [-0.15, -0.1) is 0 Å². The molecule has 0 saturated carbocycles. The Labute approximate surface area is 365 Å². The Morgan fingerprint density at radius 1 is 0.435 bits per heavy atom. The zero-order valence-corrected chi connectivity index (χ0v) is 35.4. The zero-order valence-electron chi connectivity index (χ0n) is 35.4. The average Bonchev–Trinajstić information content (AvgIpc) is 3.81. The van der Waals surface area contributed by atoms with Crippen molar-refractivity contribution in [3.05, 3.63) is 241 Å². The van der Waals surface area contributed by atoms with E-state index < -0.39 is 0 Å². The van der Waals surface area contributed by atoms with Gasteiger partial charge in [-0.25, -0.2) is 0 Å². The number of rotatable bonds is 7. The molecule has 1 N–H and O–H groups in total. The van der Waals surface area contributed by atoms with E-state index in [2.05, 4.69) is 243 Å². The van der Waals surface area contributed by atoms with Crippen molar-refractivity contribution in [3.8, 4) is 44.5 Å². The van der Waals surface area contributed by atoms with Crippen molar-refractivity contribution >= 4 is 44.9 Å². The SMILES string of the molecule is C=Cc1ccccc1-c1ccccc1C.CC1(C)c2ccccc2-c2cc(N(c3ccccc3)c3ccccc3-c3cccc(-c4ccc5c(c4)[nH]c4ccccc45)c3)ccc21. The molecule has 0 unspecified atom stereocenters. The minimum absolute atomic E-state index is 0.0315. The van der Waals surface area contributed by atoms with Crippen LogP contribution in [0.1, 0.15) is 36.1 Å². The first-order chi connectivity index (χ1) is 30.4. The molecule has 10 aromatic rings. The molecule has 1 aromatic heterocycles. The predicted molar refractivity (Wildman–Crippen MR) is 266 cm³/mol. The summed E-state index contributed by atoms with van der Waals surface area (Å²) in [5, 5.41) is 2.51. The maximum atomic E-state index is 3.85. The van der Waals surface area contributed by atoms with Crippen LogP contribution in [0.25, 0.3) is 72.4 Å². The maximum Gasteiger partial charge on any atom is 0.0540 e. The van der Waals surface area contributed by atoms with Gasteiger partial charge in [-0.1, -0.05) is 190 Å². The second-order valence-corrected chi connectivity index (χ2v) is 16.7. The fourth-order valence-electron chi connectivity index (χ4n) is 9.46. The van der Waals surface area contributed by atoms with Gasteiger partial charge >= 0.3 is 0 Å². The van der Waals surface area contributed by atoms with Gasteiger partial charge < -0.3 is 9.88 Å². The van der Waals surface area contributed by atoms with Crippen LogP contribution < -0.4 is 4.90 Å². The molecule has 0 spiro atoms. The molecule has 1 aliphatic carbocycles. The van der Waals surface area contributed by atoms with Gasteiger partial charge in [-0.05, 0) is 117 Å². The standard InChI is InChI=1S/C45H34N2.C15H14/c1-45(2)40-20-9-6-18-36(40)39-29-34(24-26-41(39)45)47(33-15-4-3-5-16-33)44-22-11-8-17-35(44)32-14-12-13-30(27-32)31-23-25-38-37-19-7-10-21-42(37)46-43(38)28-31;1-3-13-9-5-7-11-15(13)14-10-6-4-8-12(14)2/h3-29,46H,1-2H3;3-11H,1H2,2H3. The molecular formula is C60H48N2. The number of hydrogen-bond donors (Lipinski definition) is 1. The van der Waals surface area contributed by atoms with Gasteiger partial charge in [0.05, 0.1) is 5.69 Å². The summed E-state index contributed by atoms with van der Waals surface area (Å²) >= 11 is 0. The first-order valence-corrected chi connectivity index (χ1v) is 21.5. The Balaban J connectivity index is 0.000000259. The van der Waals surface area contributed by atoms with Crippen LogP contribution in [0.3, 0.4) is 0 Å². The van der Waals surface area contributed by atoms with Crippen molar-refractivity contribution in [2.75, 3.05) is 4.90 Å². The number of aromatic amines is 1. The number of anilines is 3. The Hall–Kier alpha value is -7.68. The third-order valence-electron chi connectivity index (χ3n) is 12.6. The molecule has 2 nitrogen and oxygen atoms in total. The van der Waals surface area contributed by atoms with Crippen LogP contribution in [-0.2, 0) is 5.41 Å². The second-order valence-electron chi connectivity index (χ2n) is 16.7. The van der Waals surface area contributed by atoms with Crippen LogP contribution in [0, 0.1) is 6.92 Å². The second kappa shape index (κ2) is 16.1. The number of hydrogen-bond acceptors (Lipinski definition) is 1. The van der Waals surface area contributed by atoms with Gasteiger partial charge in [0.25, 0.3) is 0 Å². The van der Waals surface area contributed by atoms with Crippen LogP contribution in [-0.4, -0.2) is 4.98 Å². The molecule has 2 heteroatoms. The summed E-state index contributed by atoms with van der Waals surface area (Å²) in [5.74, 6) is 0. The molecule has 62 heavy (non-hydrogen) atoms. The van der Waals surface area contributed by atoms with Crippen LogP contribution in [0.4, 0.5) is 17.1 Å². The zero-order chi connectivity index (χ0) is 42.2. The molecule has 0 saturated heterocycles. The lowest BCUT2D eigenvalue weighted by atomic mass is 9.82. The Morgan fingerprint density at radius 2 is 1.06 bits per heavy atom. The van der Waals surface area contributed by atoms with E-state index >= 15 is 0 Å². The molecule has 0 radical (unpaired) electrons. The van der Waals surface area contributed by atoms with E-state index in [0.29, 0.717) is 0 Å². The van der Waals surface area contributed by atoms with Gasteiger partial charge in [-0.3, -0.25) is 0 Å². The van der Waals surface area contributed by atoms with E-state index in [1.54, 1.807) is 0 Å². The molecule has 11 rings (SSSR count). The van der Waals surface area contributed by atoms with E-state index in [1.165, 1.54) is 83.1 Å². The minimum atomic E-state index is -0.0315. The Bertz CT molecular complexity index is 3260. The van der Waals surface area contributed by atoms with Crippen molar-refractivity contribution < 1.29 is 0 Å². The number of aryl methyl sites for hydroxylation is 1. The number of para-hydroxylation sites is 3. The molecule has 298 valence electrons. The van der Waals surface area contributed by atoms with E-state index in [-0.39, 0.29) is 5.41 Å². The number of benzene rings is 9. The molecule has 0 fully saturated rings. The van der Waals surface area contributed by atoms with Gasteiger partial charge in [-0.2, -0.15) is 0 Å². The van der Waals surface area contributed by atoms with Crippen molar-refractivity contribution in [3.63, 3.8) is 0 Å². The smallest absolute Gasteiger partial charge is 0.0540 e. The summed E-state index contributed by atoms with van der Waals surface area (Å²) < 4.78 is 0. The molecule has 9 aromatic carbocycles. The highest BCUT2D eigenvalue weighted by Gasteiger charge is 2.35. The molecule has 1 aliphatic rings. The summed E-state index contributed by atoms with van der Waals surface area (Å²) in [6, 6.07) is 76.4. The first-order valence-electron chi connectivity index (χ1n) is 21.5. The monoisotopic (exact) mass is 796 g/mol. The molecule has 0 amide bonds. The largest absolute Gasteiger partial charge is 0.354 e. The van der Waals surface area contributed by atoms with Crippen molar-refractivity contribution in [2.45, 2.75) is 26.2 Å². The van der Waals surface area contributed by atoms with Crippen molar-refractivity contribution in [2.24, 2.45) is 0 Å². The topological polar surface area (TPSA) is 19.0 Å². The van der Waals surface area contributed by atoms with E-state index in [4.69, 9.17) is 0 Å². The Kier molecular flexibility index (Phi) is 9.98. The van der Waals surface area contributed by atoms with E-state index in [0.717, 1.165) is 22.6 Å².